The van der Waals surface area contributed by atoms with Gasteiger partial charge in [-0.15, -0.1) is 0 Å². The number of carbonyl (C=O) groups is 1. The molecular weight excluding hydrogens is 254 g/mol. The fraction of sp³-hybridized carbons (Fsp3) is 0.667. The summed E-state index contributed by atoms with van der Waals surface area (Å²) in [5.41, 5.74) is 2.22. The third-order valence-corrected chi connectivity index (χ3v) is 3.81. The van der Waals surface area contributed by atoms with Crippen LogP contribution in [0.25, 0.3) is 0 Å². The van der Waals surface area contributed by atoms with Gasteiger partial charge in [-0.05, 0) is 45.1 Å². The molecule has 5 heteroatoms. The third-order valence-electron chi connectivity index (χ3n) is 3.81. The van der Waals surface area contributed by atoms with E-state index in [1.807, 2.05) is 18.7 Å². The molecule has 1 aromatic heterocycles. The van der Waals surface area contributed by atoms with Crippen molar-refractivity contribution < 1.29 is 4.79 Å². The van der Waals surface area contributed by atoms with Gasteiger partial charge in [0.2, 0.25) is 5.91 Å². The fourth-order valence-electron chi connectivity index (χ4n) is 2.64. The van der Waals surface area contributed by atoms with E-state index in [0.29, 0.717) is 18.9 Å². The van der Waals surface area contributed by atoms with Crippen LogP contribution in [0.2, 0.25) is 0 Å². The summed E-state index contributed by atoms with van der Waals surface area (Å²) in [7, 11) is 0. The summed E-state index contributed by atoms with van der Waals surface area (Å²) in [6.45, 7) is 6.64. The van der Waals surface area contributed by atoms with Crippen molar-refractivity contribution in [3.63, 3.8) is 0 Å². The Hall–Kier alpha value is -1.65. The standard InChI is InChI=1S/C15H23N3O2/c1-4-9-18(12-5-6-12)14(19)8-7-13-10(2)16-15(20)17-11(13)3/h12H,4-9H2,1-3H3,(H,16,17,20). The Morgan fingerprint density at radius 3 is 2.65 bits per heavy atom. The molecule has 0 atom stereocenters. The second-order valence-corrected chi connectivity index (χ2v) is 5.55. The first-order valence-corrected chi connectivity index (χ1v) is 7.38. The molecule has 2 rings (SSSR count). The van der Waals surface area contributed by atoms with Gasteiger partial charge >= 0.3 is 5.69 Å². The van der Waals surface area contributed by atoms with E-state index in [2.05, 4.69) is 16.9 Å². The van der Waals surface area contributed by atoms with Gasteiger partial charge in [0.25, 0.3) is 0 Å². The monoisotopic (exact) mass is 277 g/mol. The highest BCUT2D eigenvalue weighted by Gasteiger charge is 2.31. The Bertz CT molecular complexity index is 520. The van der Waals surface area contributed by atoms with Gasteiger partial charge in [0, 0.05) is 30.4 Å². The van der Waals surface area contributed by atoms with Crippen LogP contribution in [0.15, 0.2) is 4.79 Å². The fourth-order valence-corrected chi connectivity index (χ4v) is 2.64. The van der Waals surface area contributed by atoms with E-state index >= 15 is 0 Å². The van der Waals surface area contributed by atoms with Crippen LogP contribution in [0.3, 0.4) is 0 Å². The summed E-state index contributed by atoms with van der Waals surface area (Å²) in [6.07, 6.45) is 4.42. The van der Waals surface area contributed by atoms with E-state index in [0.717, 1.165) is 42.8 Å². The number of amides is 1. The Morgan fingerprint density at radius 1 is 1.40 bits per heavy atom. The molecule has 0 bridgehead atoms. The van der Waals surface area contributed by atoms with Crippen LogP contribution >= 0.6 is 0 Å². The number of H-pyrrole nitrogens is 1. The van der Waals surface area contributed by atoms with Crippen LogP contribution < -0.4 is 5.69 Å². The largest absolute Gasteiger partial charge is 0.345 e. The summed E-state index contributed by atoms with van der Waals surface area (Å²) >= 11 is 0. The van der Waals surface area contributed by atoms with Crippen molar-refractivity contribution in [2.24, 2.45) is 0 Å². The number of aromatic nitrogens is 2. The van der Waals surface area contributed by atoms with Crippen LogP contribution in [0.4, 0.5) is 0 Å². The third kappa shape index (κ3) is 3.46. The summed E-state index contributed by atoms with van der Waals surface area (Å²) in [5.74, 6) is 0.222. The first kappa shape index (κ1) is 14.8. The van der Waals surface area contributed by atoms with Gasteiger partial charge in [-0.25, -0.2) is 4.79 Å². The highest BCUT2D eigenvalue weighted by atomic mass is 16.2. The van der Waals surface area contributed by atoms with Crippen LogP contribution in [0, 0.1) is 13.8 Å². The maximum atomic E-state index is 12.3. The molecular formula is C15H23N3O2. The number of hydrogen-bond donors (Lipinski definition) is 1. The predicted octanol–water partition coefficient (Wildman–Crippen LogP) is 1.72. The second kappa shape index (κ2) is 6.20. The van der Waals surface area contributed by atoms with Crippen molar-refractivity contribution in [2.75, 3.05) is 6.54 Å². The topological polar surface area (TPSA) is 66.1 Å². The minimum Gasteiger partial charge on any atom is -0.340 e. The molecule has 1 heterocycles. The van der Waals surface area contributed by atoms with Gasteiger partial charge in [-0.1, -0.05) is 6.92 Å². The Kier molecular flexibility index (Phi) is 4.57. The Balaban J connectivity index is 2.01. The summed E-state index contributed by atoms with van der Waals surface area (Å²) in [4.78, 5) is 32.2. The molecule has 1 aliphatic carbocycles. The molecule has 0 saturated heterocycles. The van der Waals surface area contributed by atoms with Crippen molar-refractivity contribution in [1.82, 2.24) is 14.9 Å². The van der Waals surface area contributed by atoms with Crippen molar-refractivity contribution in [3.8, 4) is 0 Å². The van der Waals surface area contributed by atoms with E-state index in [9.17, 15) is 9.59 Å². The van der Waals surface area contributed by atoms with Crippen molar-refractivity contribution in [2.45, 2.75) is 58.9 Å². The number of carbonyl (C=O) groups excluding carboxylic acids is 1. The minimum absolute atomic E-state index is 0.222. The number of hydrogen-bond acceptors (Lipinski definition) is 3. The van der Waals surface area contributed by atoms with Crippen LogP contribution in [-0.4, -0.2) is 33.4 Å². The van der Waals surface area contributed by atoms with Crippen molar-refractivity contribution in [3.05, 3.63) is 27.4 Å². The molecule has 1 aromatic rings. The normalized spacial score (nSPS) is 14.3. The number of rotatable bonds is 6. The van der Waals surface area contributed by atoms with E-state index in [1.165, 1.54) is 0 Å². The molecule has 1 amide bonds. The van der Waals surface area contributed by atoms with E-state index < -0.39 is 0 Å². The molecule has 0 spiro atoms. The molecule has 1 fully saturated rings. The Labute approximate surface area is 119 Å². The van der Waals surface area contributed by atoms with E-state index in [4.69, 9.17) is 0 Å². The van der Waals surface area contributed by atoms with E-state index in [1.54, 1.807) is 0 Å². The molecule has 20 heavy (non-hydrogen) atoms. The summed E-state index contributed by atoms with van der Waals surface area (Å²) in [6, 6.07) is 0.471. The number of aryl methyl sites for hydroxylation is 2. The molecule has 1 saturated carbocycles. The van der Waals surface area contributed by atoms with Gasteiger partial charge in [-0.3, -0.25) is 4.79 Å². The van der Waals surface area contributed by atoms with Crippen LogP contribution in [0.1, 0.15) is 49.6 Å². The van der Waals surface area contributed by atoms with Crippen LogP contribution in [0.5, 0.6) is 0 Å². The van der Waals surface area contributed by atoms with Crippen LogP contribution in [-0.2, 0) is 11.2 Å². The maximum Gasteiger partial charge on any atom is 0.345 e. The quantitative estimate of drug-likeness (QED) is 0.861. The smallest absolute Gasteiger partial charge is 0.340 e. The van der Waals surface area contributed by atoms with Gasteiger partial charge in [0.1, 0.15) is 0 Å². The van der Waals surface area contributed by atoms with Crippen molar-refractivity contribution >= 4 is 5.91 Å². The summed E-state index contributed by atoms with van der Waals surface area (Å²) < 4.78 is 0. The lowest BCUT2D eigenvalue weighted by Gasteiger charge is -2.22. The highest BCUT2D eigenvalue weighted by molar-refractivity contribution is 5.77. The zero-order chi connectivity index (χ0) is 14.7. The lowest BCUT2D eigenvalue weighted by atomic mass is 10.1. The number of aromatic amines is 1. The molecule has 0 radical (unpaired) electrons. The highest BCUT2D eigenvalue weighted by Crippen LogP contribution is 2.27. The second-order valence-electron chi connectivity index (χ2n) is 5.55. The van der Waals surface area contributed by atoms with E-state index in [-0.39, 0.29) is 11.6 Å². The average molecular weight is 277 g/mol. The summed E-state index contributed by atoms with van der Waals surface area (Å²) in [5, 5.41) is 0. The maximum absolute atomic E-state index is 12.3. The average Bonchev–Trinajstić information content (AvgIpc) is 3.18. The number of nitrogens with zero attached hydrogens (tertiary/aromatic N) is 2. The first-order chi connectivity index (χ1) is 9.52. The van der Waals surface area contributed by atoms with Gasteiger partial charge in [-0.2, -0.15) is 4.98 Å². The molecule has 0 aliphatic heterocycles. The zero-order valence-electron chi connectivity index (χ0n) is 12.5. The lowest BCUT2D eigenvalue weighted by Crippen LogP contribution is -2.34. The SMILES string of the molecule is CCCN(C(=O)CCc1c(C)nc(=O)[nH]c1C)C1CC1. The van der Waals surface area contributed by atoms with Gasteiger partial charge < -0.3 is 9.88 Å². The molecule has 1 aliphatic rings. The van der Waals surface area contributed by atoms with Crippen molar-refractivity contribution in [1.29, 1.82) is 0 Å². The molecule has 1 N–H and O–H groups in total. The van der Waals surface area contributed by atoms with Gasteiger partial charge in [0.05, 0.1) is 0 Å². The molecule has 0 unspecified atom stereocenters. The first-order valence-electron chi connectivity index (χ1n) is 7.38. The molecule has 110 valence electrons. The van der Waals surface area contributed by atoms with Gasteiger partial charge in [0.15, 0.2) is 0 Å². The molecule has 0 aromatic carbocycles. The minimum atomic E-state index is -0.319. The predicted molar refractivity (Wildman–Crippen MR) is 77.7 cm³/mol. The number of nitrogens with one attached hydrogen (secondary N) is 1. The zero-order valence-corrected chi connectivity index (χ0v) is 12.5. The molecule has 5 nitrogen and oxygen atoms in total. The lowest BCUT2D eigenvalue weighted by molar-refractivity contribution is -0.131. The Morgan fingerprint density at radius 2 is 2.10 bits per heavy atom.